The van der Waals surface area contributed by atoms with Crippen molar-refractivity contribution in [3.05, 3.63) is 46.0 Å². The molecule has 5 nitrogen and oxygen atoms in total. The van der Waals surface area contributed by atoms with Gasteiger partial charge in [-0.15, -0.1) is 0 Å². The molecule has 5 atom stereocenters. The Bertz CT molecular complexity index is 902. The van der Waals surface area contributed by atoms with E-state index in [-0.39, 0.29) is 35.6 Å². The topological polar surface area (TPSA) is 72.8 Å². The predicted molar refractivity (Wildman–Crippen MR) is 106 cm³/mol. The van der Waals surface area contributed by atoms with Gasteiger partial charge in [-0.1, -0.05) is 26.7 Å². The normalized spacial score (nSPS) is 37.8. The fraction of sp³-hybridized carbons (Fsp3) is 0.583. The first-order chi connectivity index (χ1) is 14.1. The van der Waals surface area contributed by atoms with E-state index in [0.717, 1.165) is 61.0 Å². The molecule has 1 fully saturated rings. The maximum absolute atomic E-state index is 12.9. The van der Waals surface area contributed by atoms with Crippen molar-refractivity contribution in [1.82, 2.24) is 0 Å². The highest BCUT2D eigenvalue weighted by Gasteiger charge is 2.61. The van der Waals surface area contributed by atoms with Gasteiger partial charge in [-0.25, -0.2) is 9.59 Å². The van der Waals surface area contributed by atoms with Crippen molar-refractivity contribution in [1.29, 1.82) is 0 Å². The number of ether oxygens (including phenoxy) is 2. The summed E-state index contributed by atoms with van der Waals surface area (Å²) in [6.45, 7) is 4.20. The van der Waals surface area contributed by atoms with Crippen LogP contribution < -0.4 is 0 Å². The van der Waals surface area contributed by atoms with Crippen LogP contribution >= 0.6 is 0 Å². The summed E-state index contributed by atoms with van der Waals surface area (Å²) in [5.41, 5.74) is 3.48. The Morgan fingerprint density at radius 2 is 1.59 bits per heavy atom. The molecule has 2 bridgehead atoms. The summed E-state index contributed by atoms with van der Waals surface area (Å²) < 4.78 is 11.3. The van der Waals surface area contributed by atoms with Crippen LogP contribution in [0.25, 0.3) is 0 Å². The summed E-state index contributed by atoms with van der Waals surface area (Å²) in [7, 11) is 0. The molecule has 29 heavy (non-hydrogen) atoms. The molecule has 0 unspecified atom stereocenters. The lowest BCUT2D eigenvalue weighted by molar-refractivity contribution is -0.135. The zero-order valence-electron chi connectivity index (χ0n) is 17.1. The van der Waals surface area contributed by atoms with Gasteiger partial charge in [0.1, 0.15) is 11.5 Å². The Morgan fingerprint density at radius 1 is 0.931 bits per heavy atom. The number of rotatable bonds is 4. The number of hydrogen-bond acceptors (Lipinski definition) is 5. The summed E-state index contributed by atoms with van der Waals surface area (Å²) in [5.74, 6) is 0.661. The van der Waals surface area contributed by atoms with Crippen LogP contribution in [0.4, 0.5) is 0 Å². The molecule has 6 rings (SSSR count). The monoisotopic (exact) mass is 396 g/mol. The molecule has 1 saturated carbocycles. The minimum absolute atomic E-state index is 0.00505. The highest BCUT2D eigenvalue weighted by molar-refractivity contribution is 5.98. The zero-order valence-corrected chi connectivity index (χ0v) is 17.1. The van der Waals surface area contributed by atoms with Crippen molar-refractivity contribution in [2.24, 2.45) is 23.7 Å². The van der Waals surface area contributed by atoms with E-state index in [2.05, 4.69) is 13.8 Å². The van der Waals surface area contributed by atoms with Gasteiger partial charge in [-0.3, -0.25) is 0 Å². The SMILES string of the molecule is CCCC=C1OC(=O)C2=C1[C@@H]1C[C@H](O)[C@H]2[C@H]2CCC3=C(C(=O)O/C3=C\CCC)[C@H]21. The van der Waals surface area contributed by atoms with Gasteiger partial charge in [0.25, 0.3) is 0 Å². The van der Waals surface area contributed by atoms with Crippen LogP contribution in [0.5, 0.6) is 0 Å². The first-order valence-corrected chi connectivity index (χ1v) is 11.1. The van der Waals surface area contributed by atoms with Gasteiger partial charge in [0.15, 0.2) is 0 Å². The second kappa shape index (κ2) is 6.98. The van der Waals surface area contributed by atoms with Crippen molar-refractivity contribution in [3.63, 3.8) is 0 Å². The van der Waals surface area contributed by atoms with Gasteiger partial charge in [0.05, 0.1) is 11.7 Å². The summed E-state index contributed by atoms with van der Waals surface area (Å²) in [4.78, 5) is 25.6. The van der Waals surface area contributed by atoms with Crippen LogP contribution in [-0.2, 0) is 19.1 Å². The van der Waals surface area contributed by atoms with Gasteiger partial charge in [0, 0.05) is 28.6 Å². The minimum atomic E-state index is -0.548. The lowest BCUT2D eigenvalue weighted by Crippen LogP contribution is -2.51. The van der Waals surface area contributed by atoms with Crippen molar-refractivity contribution in [2.45, 2.75) is 64.9 Å². The predicted octanol–water partition coefficient (Wildman–Crippen LogP) is 4.10. The van der Waals surface area contributed by atoms with E-state index in [0.29, 0.717) is 17.8 Å². The largest absolute Gasteiger partial charge is 0.423 e. The summed E-state index contributed by atoms with van der Waals surface area (Å²) >= 11 is 0. The van der Waals surface area contributed by atoms with Crippen molar-refractivity contribution >= 4 is 11.9 Å². The third kappa shape index (κ3) is 2.63. The molecule has 0 aromatic rings. The van der Waals surface area contributed by atoms with Gasteiger partial charge in [-0.2, -0.15) is 0 Å². The molecule has 0 amide bonds. The van der Waals surface area contributed by atoms with Gasteiger partial charge < -0.3 is 14.6 Å². The summed E-state index contributed by atoms with van der Waals surface area (Å²) in [6.07, 6.45) is 9.40. The molecule has 0 spiro atoms. The first-order valence-electron chi connectivity index (χ1n) is 11.1. The fourth-order valence-corrected chi connectivity index (χ4v) is 6.24. The Kier molecular flexibility index (Phi) is 4.54. The highest BCUT2D eigenvalue weighted by Crippen LogP contribution is 2.62. The Balaban J connectivity index is 1.62. The van der Waals surface area contributed by atoms with E-state index < -0.39 is 6.10 Å². The standard InChI is InChI=1S/C24H28O5/c1-3-5-7-16-12-9-10-13-18(21(12)23(26)28-16)14-11-15(25)19(13)22-20(14)17(8-6-4-2)29-24(22)27/h7-8,13-15,18-19,25H,3-6,9-11H2,1-2H3/b16-7-,17-8?/t13-,14+,15-,18+,19+/m0/s1. The summed E-state index contributed by atoms with van der Waals surface area (Å²) in [5, 5.41) is 10.8. The van der Waals surface area contributed by atoms with E-state index in [1.807, 2.05) is 12.2 Å². The van der Waals surface area contributed by atoms with E-state index in [1.165, 1.54) is 0 Å². The Labute approximate surface area is 171 Å². The number of aliphatic hydroxyl groups excluding tert-OH is 1. The number of unbranched alkanes of at least 4 members (excludes halogenated alkanes) is 2. The third-order valence-electron chi connectivity index (χ3n) is 7.29. The van der Waals surface area contributed by atoms with Gasteiger partial charge in [0.2, 0.25) is 0 Å². The van der Waals surface area contributed by atoms with Crippen LogP contribution in [0.1, 0.15) is 58.8 Å². The number of hydrogen-bond donors (Lipinski definition) is 1. The number of aliphatic hydroxyl groups is 1. The third-order valence-corrected chi connectivity index (χ3v) is 7.29. The molecular formula is C24H28O5. The first kappa shape index (κ1) is 18.9. The average Bonchev–Trinajstić information content (AvgIpc) is 3.22. The molecule has 0 saturated heterocycles. The lowest BCUT2D eigenvalue weighted by atomic mass is 9.51. The molecule has 2 heterocycles. The molecule has 0 aromatic carbocycles. The molecule has 0 radical (unpaired) electrons. The maximum Gasteiger partial charge on any atom is 0.340 e. The van der Waals surface area contributed by atoms with Crippen LogP contribution in [0.15, 0.2) is 46.0 Å². The van der Waals surface area contributed by atoms with Crippen LogP contribution in [0, 0.1) is 23.7 Å². The van der Waals surface area contributed by atoms with Crippen molar-refractivity contribution in [2.75, 3.05) is 0 Å². The molecule has 154 valence electrons. The molecule has 1 N–H and O–H groups in total. The second-order valence-corrected chi connectivity index (χ2v) is 8.88. The average molecular weight is 396 g/mol. The number of carbonyl (C=O) groups excluding carboxylic acids is 2. The van der Waals surface area contributed by atoms with Gasteiger partial charge >= 0.3 is 11.9 Å². The number of fused-ring (bicyclic) bond motifs is 1. The Hall–Kier alpha value is -2.14. The highest BCUT2D eigenvalue weighted by atomic mass is 16.5. The van der Waals surface area contributed by atoms with Crippen molar-refractivity contribution in [3.8, 4) is 0 Å². The second-order valence-electron chi connectivity index (χ2n) is 8.88. The molecule has 5 heteroatoms. The van der Waals surface area contributed by atoms with E-state index in [1.54, 1.807) is 0 Å². The summed E-state index contributed by atoms with van der Waals surface area (Å²) in [6, 6.07) is 0. The maximum atomic E-state index is 12.9. The fourth-order valence-electron chi connectivity index (χ4n) is 6.24. The number of carbonyl (C=O) groups is 2. The molecule has 0 aromatic heterocycles. The van der Waals surface area contributed by atoms with Crippen LogP contribution in [0.3, 0.4) is 0 Å². The van der Waals surface area contributed by atoms with Gasteiger partial charge in [-0.05, 0) is 56.1 Å². The smallest absolute Gasteiger partial charge is 0.340 e. The lowest BCUT2D eigenvalue weighted by Gasteiger charge is -2.52. The number of cyclic esters (lactones) is 2. The van der Waals surface area contributed by atoms with Crippen LogP contribution in [0.2, 0.25) is 0 Å². The Morgan fingerprint density at radius 3 is 2.31 bits per heavy atom. The zero-order chi connectivity index (χ0) is 20.3. The van der Waals surface area contributed by atoms with E-state index >= 15 is 0 Å². The molecule has 4 aliphatic carbocycles. The number of esters is 2. The van der Waals surface area contributed by atoms with E-state index in [4.69, 9.17) is 9.47 Å². The quantitative estimate of drug-likeness (QED) is 0.725. The molecular weight excluding hydrogens is 368 g/mol. The molecule has 2 aliphatic heterocycles. The minimum Gasteiger partial charge on any atom is -0.423 e. The molecule has 6 aliphatic rings. The van der Waals surface area contributed by atoms with Crippen molar-refractivity contribution < 1.29 is 24.2 Å². The van der Waals surface area contributed by atoms with Crippen LogP contribution in [-0.4, -0.2) is 23.1 Å². The number of allylic oxidation sites excluding steroid dienone is 4. The van der Waals surface area contributed by atoms with E-state index in [9.17, 15) is 14.7 Å².